The first-order valence-electron chi connectivity index (χ1n) is 9.68. The fourth-order valence-electron chi connectivity index (χ4n) is 3.38. The van der Waals surface area contributed by atoms with E-state index >= 15 is 0 Å². The van der Waals surface area contributed by atoms with Gasteiger partial charge in [-0.3, -0.25) is 4.79 Å². The molecule has 1 aliphatic rings. The van der Waals surface area contributed by atoms with E-state index in [-0.39, 0.29) is 36.9 Å². The third-order valence-corrected chi connectivity index (χ3v) is 4.74. The Labute approximate surface area is 168 Å². The van der Waals surface area contributed by atoms with E-state index < -0.39 is 18.0 Å². The van der Waals surface area contributed by atoms with Gasteiger partial charge in [0.25, 0.3) is 0 Å². The number of aromatic nitrogens is 1. The maximum absolute atomic E-state index is 12.2. The maximum atomic E-state index is 12.2. The van der Waals surface area contributed by atoms with Crippen LogP contribution < -0.4 is 10.6 Å². The second-order valence-corrected chi connectivity index (χ2v) is 6.81. The summed E-state index contributed by atoms with van der Waals surface area (Å²) in [7, 11) is 0. The number of nitrogens with one attached hydrogen (secondary N) is 3. The average molecular weight is 399 g/mol. The van der Waals surface area contributed by atoms with Gasteiger partial charge in [-0.2, -0.15) is 0 Å². The van der Waals surface area contributed by atoms with Crippen molar-refractivity contribution in [2.75, 3.05) is 13.2 Å². The van der Waals surface area contributed by atoms with Crippen LogP contribution in [0.4, 0.5) is 4.79 Å². The molecule has 8 heteroatoms. The predicted molar refractivity (Wildman–Crippen MR) is 107 cm³/mol. The van der Waals surface area contributed by atoms with E-state index in [4.69, 9.17) is 9.47 Å². The van der Waals surface area contributed by atoms with Crippen molar-refractivity contribution in [3.63, 3.8) is 0 Å². The topological polar surface area (TPSA) is 110 Å². The summed E-state index contributed by atoms with van der Waals surface area (Å²) in [6, 6.07) is 7.03. The highest BCUT2D eigenvalue weighted by molar-refractivity contribution is 5.94. The van der Waals surface area contributed by atoms with E-state index in [2.05, 4.69) is 15.6 Å². The highest BCUT2D eigenvalue weighted by Gasteiger charge is 2.30. The fraction of sp³-hybridized carbons (Fsp3) is 0.381. The SMILES string of the molecule is CCOC(=O)C1=C(COC(=O)CCCc2c[nH]c3ccccc23)NC(=O)N[C@H]1C. The highest BCUT2D eigenvalue weighted by Crippen LogP contribution is 2.20. The minimum Gasteiger partial charge on any atom is -0.463 e. The monoisotopic (exact) mass is 399 g/mol. The molecule has 0 saturated carbocycles. The lowest BCUT2D eigenvalue weighted by molar-refractivity contribution is -0.143. The summed E-state index contributed by atoms with van der Waals surface area (Å²) in [5.41, 5.74) is 2.74. The number of carbonyl (C=O) groups is 3. The number of esters is 2. The molecule has 1 atom stereocenters. The number of hydrogen-bond acceptors (Lipinski definition) is 5. The second kappa shape index (κ2) is 9.27. The van der Waals surface area contributed by atoms with E-state index in [0.29, 0.717) is 6.42 Å². The summed E-state index contributed by atoms with van der Waals surface area (Å²) in [5.74, 6) is -0.932. The van der Waals surface area contributed by atoms with E-state index in [0.717, 1.165) is 22.9 Å². The van der Waals surface area contributed by atoms with Gasteiger partial charge in [-0.1, -0.05) is 18.2 Å². The number of rotatable bonds is 8. The van der Waals surface area contributed by atoms with E-state index in [9.17, 15) is 14.4 Å². The Bertz CT molecular complexity index is 947. The van der Waals surface area contributed by atoms with Gasteiger partial charge in [0.1, 0.15) is 6.61 Å². The number of amides is 2. The minimum atomic E-state index is -0.544. The quantitative estimate of drug-likeness (QED) is 0.591. The van der Waals surface area contributed by atoms with Gasteiger partial charge < -0.3 is 25.1 Å². The maximum Gasteiger partial charge on any atom is 0.338 e. The summed E-state index contributed by atoms with van der Waals surface area (Å²) in [5, 5.41) is 6.29. The van der Waals surface area contributed by atoms with Crippen molar-refractivity contribution >= 4 is 28.9 Å². The van der Waals surface area contributed by atoms with Gasteiger partial charge in [0.15, 0.2) is 0 Å². The molecule has 2 amide bonds. The Morgan fingerprint density at radius 2 is 1.97 bits per heavy atom. The predicted octanol–water partition coefficient (Wildman–Crippen LogP) is 2.55. The largest absolute Gasteiger partial charge is 0.463 e. The molecule has 0 radical (unpaired) electrons. The zero-order valence-electron chi connectivity index (χ0n) is 16.5. The fourth-order valence-corrected chi connectivity index (χ4v) is 3.38. The van der Waals surface area contributed by atoms with Gasteiger partial charge in [0.05, 0.1) is 23.9 Å². The van der Waals surface area contributed by atoms with Crippen LogP contribution in [0.15, 0.2) is 41.7 Å². The Morgan fingerprint density at radius 1 is 1.17 bits per heavy atom. The molecule has 0 aliphatic carbocycles. The number of aryl methyl sites for hydroxylation is 1. The van der Waals surface area contributed by atoms with Crippen molar-refractivity contribution in [1.29, 1.82) is 0 Å². The molecule has 0 fully saturated rings. The van der Waals surface area contributed by atoms with Crippen molar-refractivity contribution in [2.45, 2.75) is 39.2 Å². The van der Waals surface area contributed by atoms with Crippen LogP contribution >= 0.6 is 0 Å². The number of urea groups is 1. The molecule has 1 aromatic heterocycles. The third-order valence-electron chi connectivity index (χ3n) is 4.74. The van der Waals surface area contributed by atoms with Crippen LogP contribution in [0.2, 0.25) is 0 Å². The summed E-state index contributed by atoms with van der Waals surface area (Å²) in [4.78, 5) is 39.2. The molecule has 1 aromatic carbocycles. The first-order chi connectivity index (χ1) is 14.0. The van der Waals surface area contributed by atoms with E-state index in [1.54, 1.807) is 13.8 Å². The van der Waals surface area contributed by atoms with Crippen molar-refractivity contribution in [3.05, 3.63) is 47.3 Å². The summed E-state index contributed by atoms with van der Waals surface area (Å²) in [6.45, 7) is 3.40. The lowest BCUT2D eigenvalue weighted by Gasteiger charge is -2.26. The number of aromatic amines is 1. The molecule has 0 bridgehead atoms. The van der Waals surface area contributed by atoms with Crippen molar-refractivity contribution < 1.29 is 23.9 Å². The molecule has 154 valence electrons. The molecule has 2 aromatic rings. The van der Waals surface area contributed by atoms with Crippen LogP contribution in [-0.2, 0) is 25.5 Å². The molecular weight excluding hydrogens is 374 g/mol. The van der Waals surface area contributed by atoms with Gasteiger partial charge in [-0.05, 0) is 38.3 Å². The zero-order chi connectivity index (χ0) is 20.8. The number of fused-ring (bicyclic) bond motifs is 1. The normalized spacial score (nSPS) is 16.3. The van der Waals surface area contributed by atoms with Gasteiger partial charge in [-0.25, -0.2) is 9.59 Å². The summed E-state index contributed by atoms with van der Waals surface area (Å²) in [6.07, 6.45) is 3.57. The highest BCUT2D eigenvalue weighted by atomic mass is 16.5. The van der Waals surface area contributed by atoms with Crippen molar-refractivity contribution in [3.8, 4) is 0 Å². The molecule has 29 heavy (non-hydrogen) atoms. The number of ether oxygens (including phenoxy) is 2. The number of benzene rings is 1. The second-order valence-electron chi connectivity index (χ2n) is 6.81. The molecular formula is C21H25N3O5. The molecule has 2 heterocycles. The number of hydrogen-bond donors (Lipinski definition) is 3. The van der Waals surface area contributed by atoms with Crippen LogP contribution in [0.5, 0.6) is 0 Å². The van der Waals surface area contributed by atoms with Crippen LogP contribution in [0.3, 0.4) is 0 Å². The zero-order valence-corrected chi connectivity index (χ0v) is 16.5. The molecule has 8 nitrogen and oxygen atoms in total. The standard InChI is InChI=1S/C21H25N3O5/c1-3-28-20(26)19-13(2)23-21(27)24-17(19)12-29-18(25)10-6-7-14-11-22-16-9-5-4-8-15(14)16/h4-5,8-9,11,13,22H,3,6-7,10,12H2,1-2H3,(H2,23,24,27)/t13-/m0/s1. The third kappa shape index (κ3) is 4.96. The Kier molecular flexibility index (Phi) is 6.54. The molecule has 0 unspecified atom stereocenters. The summed E-state index contributed by atoms with van der Waals surface area (Å²) >= 11 is 0. The number of H-pyrrole nitrogens is 1. The van der Waals surface area contributed by atoms with Crippen molar-refractivity contribution in [1.82, 2.24) is 15.6 Å². The molecule has 1 aliphatic heterocycles. The Morgan fingerprint density at radius 3 is 2.76 bits per heavy atom. The molecule has 3 N–H and O–H groups in total. The first-order valence-corrected chi connectivity index (χ1v) is 9.68. The van der Waals surface area contributed by atoms with Crippen LogP contribution in [-0.4, -0.2) is 42.2 Å². The smallest absolute Gasteiger partial charge is 0.338 e. The van der Waals surface area contributed by atoms with Crippen LogP contribution in [0.25, 0.3) is 10.9 Å². The van der Waals surface area contributed by atoms with Gasteiger partial charge in [0.2, 0.25) is 0 Å². The van der Waals surface area contributed by atoms with Gasteiger partial charge >= 0.3 is 18.0 Å². The molecule has 3 rings (SSSR count). The van der Waals surface area contributed by atoms with Gasteiger partial charge in [0, 0.05) is 23.5 Å². The lowest BCUT2D eigenvalue weighted by Crippen LogP contribution is -2.50. The van der Waals surface area contributed by atoms with Crippen molar-refractivity contribution in [2.24, 2.45) is 0 Å². The van der Waals surface area contributed by atoms with Gasteiger partial charge in [-0.15, -0.1) is 0 Å². The first kappa shape index (κ1) is 20.4. The van der Waals surface area contributed by atoms with E-state index in [1.165, 1.54) is 0 Å². The van der Waals surface area contributed by atoms with Crippen LogP contribution in [0, 0.1) is 0 Å². The minimum absolute atomic E-state index is 0.183. The van der Waals surface area contributed by atoms with E-state index in [1.807, 2.05) is 30.5 Å². The molecule has 0 spiro atoms. The van der Waals surface area contributed by atoms with Crippen LogP contribution in [0.1, 0.15) is 32.3 Å². The lowest BCUT2D eigenvalue weighted by atomic mass is 10.0. The Hall–Kier alpha value is -3.29. The summed E-state index contributed by atoms with van der Waals surface area (Å²) < 4.78 is 10.3. The molecule has 0 saturated heterocycles. The number of para-hydroxylation sites is 1. The Balaban J connectivity index is 1.55. The average Bonchev–Trinajstić information content (AvgIpc) is 3.09. The number of carbonyl (C=O) groups excluding carboxylic acids is 3.